The van der Waals surface area contributed by atoms with Crippen molar-refractivity contribution in [3.05, 3.63) is 63.7 Å². The molecule has 27 heavy (non-hydrogen) atoms. The minimum atomic E-state index is -0.566. The monoisotopic (exact) mass is 369 g/mol. The van der Waals surface area contributed by atoms with E-state index < -0.39 is 5.82 Å². The molecule has 0 spiro atoms. The molecule has 1 saturated heterocycles. The van der Waals surface area contributed by atoms with Gasteiger partial charge in [-0.05, 0) is 74.8 Å². The second-order valence-corrected chi connectivity index (χ2v) is 7.35. The highest BCUT2D eigenvalue weighted by molar-refractivity contribution is 5.84. The van der Waals surface area contributed by atoms with Crippen molar-refractivity contribution in [3.8, 4) is 11.1 Å². The van der Waals surface area contributed by atoms with Crippen LogP contribution in [0.1, 0.15) is 30.1 Å². The highest BCUT2D eigenvalue weighted by Crippen LogP contribution is 2.28. The Kier molecular flexibility index (Phi) is 4.52. The molecule has 0 amide bonds. The SMILES string of the molecule is Cc1ccc(-c2cc(F)c3nc(C4CCN(C)CC4)[nH]c(=O)c3c2)cc1F. The van der Waals surface area contributed by atoms with Gasteiger partial charge < -0.3 is 9.88 Å². The smallest absolute Gasteiger partial charge is 0.258 e. The summed E-state index contributed by atoms with van der Waals surface area (Å²) in [7, 11) is 2.06. The van der Waals surface area contributed by atoms with Crippen molar-refractivity contribution in [2.45, 2.75) is 25.7 Å². The van der Waals surface area contributed by atoms with Gasteiger partial charge in [0.05, 0.1) is 5.39 Å². The van der Waals surface area contributed by atoms with Crippen molar-refractivity contribution in [1.29, 1.82) is 0 Å². The first kappa shape index (κ1) is 17.8. The van der Waals surface area contributed by atoms with E-state index in [0.717, 1.165) is 25.9 Å². The molecule has 0 bridgehead atoms. The van der Waals surface area contributed by atoms with Gasteiger partial charge in [0, 0.05) is 5.92 Å². The second-order valence-electron chi connectivity index (χ2n) is 7.35. The maximum absolute atomic E-state index is 14.8. The van der Waals surface area contributed by atoms with Crippen LogP contribution in [-0.4, -0.2) is 35.0 Å². The number of likely N-dealkylation sites (tertiary alicyclic amines) is 1. The fourth-order valence-electron chi connectivity index (χ4n) is 3.63. The maximum Gasteiger partial charge on any atom is 0.258 e. The molecule has 0 radical (unpaired) electrons. The zero-order chi connectivity index (χ0) is 19.1. The van der Waals surface area contributed by atoms with Gasteiger partial charge in [-0.25, -0.2) is 13.8 Å². The molecule has 2 heterocycles. The van der Waals surface area contributed by atoms with E-state index in [1.165, 1.54) is 12.1 Å². The number of aryl methyl sites for hydroxylation is 1. The number of nitrogens with zero attached hydrogens (tertiary/aromatic N) is 2. The van der Waals surface area contributed by atoms with E-state index in [0.29, 0.717) is 22.5 Å². The Bertz CT molecular complexity index is 1070. The summed E-state index contributed by atoms with van der Waals surface area (Å²) in [6, 6.07) is 7.60. The minimum absolute atomic E-state index is 0.0732. The molecule has 0 unspecified atom stereocenters. The first-order chi connectivity index (χ1) is 12.9. The van der Waals surface area contributed by atoms with Crippen LogP contribution in [0.15, 0.2) is 35.1 Å². The van der Waals surface area contributed by atoms with Gasteiger partial charge in [0.15, 0.2) is 0 Å². The molecule has 0 atom stereocenters. The third-order valence-corrected chi connectivity index (χ3v) is 5.39. The fourth-order valence-corrected chi connectivity index (χ4v) is 3.63. The third kappa shape index (κ3) is 3.37. The van der Waals surface area contributed by atoms with Gasteiger partial charge in [0.25, 0.3) is 5.56 Å². The van der Waals surface area contributed by atoms with Gasteiger partial charge in [-0.1, -0.05) is 12.1 Å². The van der Waals surface area contributed by atoms with Crippen LogP contribution in [0.2, 0.25) is 0 Å². The van der Waals surface area contributed by atoms with Crippen LogP contribution in [0.4, 0.5) is 8.78 Å². The average Bonchev–Trinajstić information content (AvgIpc) is 2.65. The lowest BCUT2D eigenvalue weighted by molar-refractivity contribution is 0.251. The lowest BCUT2D eigenvalue weighted by atomic mass is 9.96. The number of piperidine rings is 1. The van der Waals surface area contributed by atoms with Crippen LogP contribution in [-0.2, 0) is 0 Å². The largest absolute Gasteiger partial charge is 0.310 e. The highest BCUT2D eigenvalue weighted by Gasteiger charge is 2.22. The van der Waals surface area contributed by atoms with Crippen molar-refractivity contribution in [3.63, 3.8) is 0 Å². The Hall–Kier alpha value is -2.60. The van der Waals surface area contributed by atoms with Crippen LogP contribution in [0.25, 0.3) is 22.0 Å². The molecule has 3 aromatic rings. The summed E-state index contributed by atoms with van der Waals surface area (Å²) in [6.07, 6.45) is 1.76. The average molecular weight is 369 g/mol. The number of hydrogen-bond donors (Lipinski definition) is 1. The number of hydrogen-bond acceptors (Lipinski definition) is 3. The molecule has 1 fully saturated rings. The zero-order valence-corrected chi connectivity index (χ0v) is 15.4. The summed E-state index contributed by atoms with van der Waals surface area (Å²) >= 11 is 0. The summed E-state index contributed by atoms with van der Waals surface area (Å²) in [5.41, 5.74) is 1.21. The maximum atomic E-state index is 14.8. The van der Waals surface area contributed by atoms with Crippen LogP contribution in [0.3, 0.4) is 0 Å². The molecule has 0 aliphatic carbocycles. The third-order valence-electron chi connectivity index (χ3n) is 5.39. The van der Waals surface area contributed by atoms with E-state index >= 15 is 0 Å². The van der Waals surface area contributed by atoms with E-state index in [1.807, 2.05) is 0 Å². The Morgan fingerprint density at radius 2 is 1.78 bits per heavy atom. The predicted octanol–water partition coefficient (Wildman–Crippen LogP) is 3.99. The number of nitrogens with one attached hydrogen (secondary N) is 1. The van der Waals surface area contributed by atoms with Crippen molar-refractivity contribution >= 4 is 10.9 Å². The molecule has 6 heteroatoms. The van der Waals surface area contributed by atoms with Crippen molar-refractivity contribution < 1.29 is 8.78 Å². The number of benzene rings is 2. The minimum Gasteiger partial charge on any atom is -0.310 e. The van der Waals surface area contributed by atoms with E-state index in [1.54, 1.807) is 25.1 Å². The van der Waals surface area contributed by atoms with E-state index in [4.69, 9.17) is 0 Å². The normalized spacial score (nSPS) is 16.1. The van der Waals surface area contributed by atoms with Gasteiger partial charge in [-0.15, -0.1) is 0 Å². The molecule has 4 rings (SSSR count). The summed E-state index contributed by atoms with van der Waals surface area (Å²) < 4.78 is 28.7. The molecule has 140 valence electrons. The first-order valence-corrected chi connectivity index (χ1v) is 9.11. The topological polar surface area (TPSA) is 49.0 Å². The summed E-state index contributed by atoms with van der Waals surface area (Å²) in [6.45, 7) is 3.51. The van der Waals surface area contributed by atoms with Gasteiger partial charge in [0.2, 0.25) is 0 Å². The predicted molar refractivity (Wildman–Crippen MR) is 102 cm³/mol. The van der Waals surface area contributed by atoms with Gasteiger partial charge in [-0.2, -0.15) is 0 Å². The quantitative estimate of drug-likeness (QED) is 0.743. The van der Waals surface area contributed by atoms with E-state index in [9.17, 15) is 13.6 Å². The van der Waals surface area contributed by atoms with Gasteiger partial charge in [-0.3, -0.25) is 4.79 Å². The van der Waals surface area contributed by atoms with E-state index in [-0.39, 0.29) is 28.2 Å². The first-order valence-electron chi connectivity index (χ1n) is 9.11. The summed E-state index contributed by atoms with van der Waals surface area (Å²) in [4.78, 5) is 22.1. The number of halogens is 2. The summed E-state index contributed by atoms with van der Waals surface area (Å²) in [5.74, 6) is -0.251. The Balaban J connectivity index is 1.79. The number of aromatic amines is 1. The molecule has 0 saturated carbocycles. The molecule has 1 aliphatic rings. The Morgan fingerprint density at radius 1 is 1.07 bits per heavy atom. The molecule has 4 nitrogen and oxygen atoms in total. The summed E-state index contributed by atoms with van der Waals surface area (Å²) in [5, 5.41) is 0.183. The fraction of sp³-hybridized carbons (Fsp3) is 0.333. The molecule has 2 aromatic carbocycles. The molecule has 1 aromatic heterocycles. The van der Waals surface area contributed by atoms with Crippen molar-refractivity contribution in [1.82, 2.24) is 14.9 Å². The number of H-pyrrole nitrogens is 1. The van der Waals surface area contributed by atoms with Crippen LogP contribution >= 0.6 is 0 Å². The number of rotatable bonds is 2. The molecular formula is C21H21F2N3O. The molecule has 1 aliphatic heterocycles. The lowest BCUT2D eigenvalue weighted by Gasteiger charge is -2.28. The van der Waals surface area contributed by atoms with Crippen LogP contribution < -0.4 is 5.56 Å². The second kappa shape index (κ2) is 6.85. The van der Waals surface area contributed by atoms with Crippen molar-refractivity contribution in [2.75, 3.05) is 20.1 Å². The standard InChI is InChI=1S/C21H21F2N3O/c1-12-3-4-14(10-17(12)22)15-9-16-19(18(23)11-15)24-20(25-21(16)27)13-5-7-26(2)8-6-13/h3-4,9-11,13H,5-8H2,1-2H3,(H,24,25,27). The van der Waals surface area contributed by atoms with Crippen LogP contribution in [0, 0.1) is 18.6 Å². The lowest BCUT2D eigenvalue weighted by Crippen LogP contribution is -2.30. The van der Waals surface area contributed by atoms with Crippen LogP contribution in [0.5, 0.6) is 0 Å². The number of aromatic nitrogens is 2. The highest BCUT2D eigenvalue weighted by atomic mass is 19.1. The van der Waals surface area contributed by atoms with E-state index in [2.05, 4.69) is 21.9 Å². The number of fused-ring (bicyclic) bond motifs is 1. The Morgan fingerprint density at radius 3 is 2.48 bits per heavy atom. The van der Waals surface area contributed by atoms with Crippen molar-refractivity contribution in [2.24, 2.45) is 0 Å². The molecule has 1 N–H and O–H groups in total. The van der Waals surface area contributed by atoms with Gasteiger partial charge >= 0.3 is 0 Å². The van der Waals surface area contributed by atoms with Gasteiger partial charge in [0.1, 0.15) is 23.0 Å². The Labute approximate surface area is 155 Å². The zero-order valence-electron chi connectivity index (χ0n) is 15.4. The molecular weight excluding hydrogens is 348 g/mol.